The van der Waals surface area contributed by atoms with E-state index < -0.39 is 5.41 Å². The molecule has 6 rings (SSSR count). The third-order valence-electron chi connectivity index (χ3n) is 6.57. The summed E-state index contributed by atoms with van der Waals surface area (Å²) in [6, 6.07) is 12.2. The van der Waals surface area contributed by atoms with Gasteiger partial charge in [0.05, 0.1) is 0 Å². The molecular formula is C25H23NO4S. The monoisotopic (exact) mass is 433 g/mol. The summed E-state index contributed by atoms with van der Waals surface area (Å²) in [5.74, 6) is 2.15. The number of rotatable bonds is 5. The number of anilines is 1. The molecule has 3 aliphatic heterocycles. The Kier molecular flexibility index (Phi) is 4.25. The van der Waals surface area contributed by atoms with Gasteiger partial charge in [-0.05, 0) is 46.5 Å². The van der Waals surface area contributed by atoms with Crippen LogP contribution in [0.25, 0.3) is 11.1 Å². The number of amides is 1. The van der Waals surface area contributed by atoms with Crippen LogP contribution in [-0.2, 0) is 10.2 Å². The second kappa shape index (κ2) is 7.02. The van der Waals surface area contributed by atoms with Crippen LogP contribution in [0.2, 0.25) is 0 Å². The zero-order chi connectivity index (χ0) is 21.0. The molecule has 0 fully saturated rings. The topological polar surface area (TPSA) is 48.0 Å². The summed E-state index contributed by atoms with van der Waals surface area (Å²) in [6.07, 6.45) is 3.20. The number of carbonyl (C=O) groups excluding carboxylic acids is 1. The highest BCUT2D eigenvalue weighted by Gasteiger charge is 2.58. The fourth-order valence-electron chi connectivity index (χ4n) is 5.08. The standard InChI is InChI=1S/C25H23NO4S/c1-2-3-4-9-26-19-7-5-6-17(16-8-10-31-13-16)23(19)25(24(26)27)14-28-20-12-22-21(11-18(20)25)29-15-30-22/h5-8,10-13H,2-4,9,14-15H2,1H3. The van der Waals surface area contributed by atoms with Crippen molar-refractivity contribution in [1.82, 2.24) is 0 Å². The minimum Gasteiger partial charge on any atom is -0.491 e. The van der Waals surface area contributed by atoms with Crippen molar-refractivity contribution in [3.63, 3.8) is 0 Å². The first-order chi connectivity index (χ1) is 15.2. The Hall–Kier alpha value is -2.99. The maximum atomic E-state index is 14.1. The number of fused-ring (bicyclic) bond motifs is 5. The molecule has 1 amide bonds. The summed E-state index contributed by atoms with van der Waals surface area (Å²) in [5.41, 5.74) is 4.30. The van der Waals surface area contributed by atoms with E-state index in [9.17, 15) is 4.79 Å². The Bertz CT molecular complexity index is 1170. The van der Waals surface area contributed by atoms with E-state index in [1.54, 1.807) is 11.3 Å². The molecule has 3 aromatic rings. The number of hydrogen-bond acceptors (Lipinski definition) is 5. The summed E-state index contributed by atoms with van der Waals surface area (Å²) in [4.78, 5) is 16.1. The predicted molar refractivity (Wildman–Crippen MR) is 120 cm³/mol. The third kappa shape index (κ3) is 2.57. The van der Waals surface area contributed by atoms with Crippen molar-refractivity contribution in [2.45, 2.75) is 31.6 Å². The fraction of sp³-hybridized carbons (Fsp3) is 0.320. The predicted octanol–water partition coefficient (Wildman–Crippen LogP) is 5.36. The van der Waals surface area contributed by atoms with Gasteiger partial charge in [0.15, 0.2) is 11.5 Å². The van der Waals surface area contributed by atoms with E-state index in [1.807, 2.05) is 17.0 Å². The Labute approximate surface area is 185 Å². The van der Waals surface area contributed by atoms with Gasteiger partial charge in [-0.25, -0.2) is 0 Å². The molecule has 3 aliphatic rings. The second-order valence-corrected chi connectivity index (χ2v) is 9.05. The van der Waals surface area contributed by atoms with Crippen molar-refractivity contribution in [2.75, 3.05) is 24.8 Å². The maximum Gasteiger partial charge on any atom is 0.245 e. The first kappa shape index (κ1) is 18.8. The van der Waals surface area contributed by atoms with Gasteiger partial charge in [-0.2, -0.15) is 11.3 Å². The van der Waals surface area contributed by atoms with Gasteiger partial charge in [-0.3, -0.25) is 4.79 Å². The van der Waals surface area contributed by atoms with Crippen LogP contribution in [0.4, 0.5) is 5.69 Å². The van der Waals surface area contributed by atoms with Crippen LogP contribution in [-0.4, -0.2) is 25.9 Å². The molecule has 4 heterocycles. The molecule has 0 bridgehead atoms. The second-order valence-electron chi connectivity index (χ2n) is 8.27. The summed E-state index contributed by atoms with van der Waals surface area (Å²) in [5, 5.41) is 4.22. The van der Waals surface area contributed by atoms with Gasteiger partial charge in [0.1, 0.15) is 17.8 Å². The van der Waals surface area contributed by atoms with Gasteiger partial charge in [-0.1, -0.05) is 31.9 Å². The van der Waals surface area contributed by atoms with Crippen molar-refractivity contribution in [1.29, 1.82) is 0 Å². The van der Waals surface area contributed by atoms with Crippen molar-refractivity contribution >= 4 is 22.9 Å². The molecule has 0 aliphatic carbocycles. The Balaban J connectivity index is 1.58. The largest absolute Gasteiger partial charge is 0.491 e. The lowest BCUT2D eigenvalue weighted by molar-refractivity contribution is -0.122. The van der Waals surface area contributed by atoms with Crippen LogP contribution >= 0.6 is 11.3 Å². The molecule has 0 radical (unpaired) electrons. The fourth-order valence-corrected chi connectivity index (χ4v) is 5.74. The first-order valence-electron chi connectivity index (χ1n) is 10.8. The van der Waals surface area contributed by atoms with Crippen molar-refractivity contribution in [3.05, 3.63) is 58.3 Å². The highest BCUT2D eigenvalue weighted by molar-refractivity contribution is 7.08. The lowest BCUT2D eigenvalue weighted by atomic mass is 9.74. The molecular weight excluding hydrogens is 410 g/mol. The maximum absolute atomic E-state index is 14.1. The number of carbonyl (C=O) groups is 1. The van der Waals surface area contributed by atoms with Crippen LogP contribution in [0.1, 0.15) is 37.3 Å². The van der Waals surface area contributed by atoms with Crippen LogP contribution in [0.3, 0.4) is 0 Å². The number of hydrogen-bond donors (Lipinski definition) is 0. The molecule has 1 spiro atoms. The Morgan fingerprint density at radius 2 is 1.94 bits per heavy atom. The number of unbranched alkanes of at least 4 members (excludes halogenated alkanes) is 2. The molecule has 1 unspecified atom stereocenters. The van der Waals surface area contributed by atoms with E-state index in [0.29, 0.717) is 30.4 Å². The van der Waals surface area contributed by atoms with E-state index in [1.165, 1.54) is 0 Å². The zero-order valence-corrected chi connectivity index (χ0v) is 18.2. The van der Waals surface area contributed by atoms with Gasteiger partial charge in [0.2, 0.25) is 12.7 Å². The molecule has 31 heavy (non-hydrogen) atoms. The highest BCUT2D eigenvalue weighted by atomic mass is 32.1. The summed E-state index contributed by atoms with van der Waals surface area (Å²) < 4.78 is 17.4. The zero-order valence-electron chi connectivity index (χ0n) is 17.3. The molecule has 1 atom stereocenters. The van der Waals surface area contributed by atoms with E-state index in [-0.39, 0.29) is 12.7 Å². The van der Waals surface area contributed by atoms with Crippen molar-refractivity contribution in [3.8, 4) is 28.4 Å². The van der Waals surface area contributed by atoms with Gasteiger partial charge >= 0.3 is 0 Å². The third-order valence-corrected chi connectivity index (χ3v) is 7.25. The van der Waals surface area contributed by atoms with Gasteiger partial charge in [0, 0.05) is 29.4 Å². The minimum atomic E-state index is -0.865. The van der Waals surface area contributed by atoms with Crippen LogP contribution < -0.4 is 19.1 Å². The van der Waals surface area contributed by atoms with Crippen LogP contribution in [0.5, 0.6) is 17.2 Å². The summed E-state index contributed by atoms with van der Waals surface area (Å²) >= 11 is 1.66. The average molecular weight is 434 g/mol. The van der Waals surface area contributed by atoms with Crippen molar-refractivity contribution in [2.24, 2.45) is 0 Å². The molecule has 1 aromatic heterocycles. The van der Waals surface area contributed by atoms with E-state index in [4.69, 9.17) is 14.2 Å². The van der Waals surface area contributed by atoms with Gasteiger partial charge in [-0.15, -0.1) is 0 Å². The molecule has 0 N–H and O–H groups in total. The van der Waals surface area contributed by atoms with Crippen molar-refractivity contribution < 1.29 is 19.0 Å². The van der Waals surface area contributed by atoms with Gasteiger partial charge in [0.25, 0.3) is 0 Å². The molecule has 2 aromatic carbocycles. The summed E-state index contributed by atoms with van der Waals surface area (Å²) in [7, 11) is 0. The highest BCUT2D eigenvalue weighted by Crippen LogP contribution is 2.57. The SMILES string of the molecule is CCCCCN1C(=O)C2(COc3cc4c(cc32)OCO4)c2c(-c3ccsc3)cccc21. The lowest BCUT2D eigenvalue weighted by Gasteiger charge is -2.24. The number of nitrogens with zero attached hydrogens (tertiary/aromatic N) is 1. The van der Waals surface area contributed by atoms with E-state index in [0.717, 1.165) is 47.2 Å². The summed E-state index contributed by atoms with van der Waals surface area (Å²) in [6.45, 7) is 3.38. The molecule has 158 valence electrons. The normalized spacial score (nSPS) is 20.3. The molecule has 0 saturated carbocycles. The average Bonchev–Trinajstić information content (AvgIpc) is 3.57. The van der Waals surface area contributed by atoms with E-state index >= 15 is 0 Å². The molecule has 5 nitrogen and oxygen atoms in total. The quantitative estimate of drug-likeness (QED) is 0.508. The smallest absolute Gasteiger partial charge is 0.245 e. The minimum absolute atomic E-state index is 0.0962. The Morgan fingerprint density at radius 1 is 1.06 bits per heavy atom. The molecule has 6 heteroatoms. The lowest BCUT2D eigenvalue weighted by Crippen LogP contribution is -2.43. The Morgan fingerprint density at radius 3 is 2.74 bits per heavy atom. The number of benzene rings is 2. The van der Waals surface area contributed by atoms with E-state index in [2.05, 4.69) is 41.9 Å². The number of thiophene rings is 1. The van der Waals surface area contributed by atoms with Crippen LogP contribution in [0.15, 0.2) is 47.2 Å². The van der Waals surface area contributed by atoms with Crippen LogP contribution in [0, 0.1) is 0 Å². The number of ether oxygens (including phenoxy) is 3. The first-order valence-corrected chi connectivity index (χ1v) is 11.7. The molecule has 0 saturated heterocycles. The van der Waals surface area contributed by atoms with Gasteiger partial charge < -0.3 is 19.1 Å².